The molecule has 0 fully saturated rings. The molecular weight excluding hydrogens is 839 g/mol. The lowest BCUT2D eigenvalue weighted by molar-refractivity contribution is -0.438. The van der Waals surface area contributed by atoms with Gasteiger partial charge in [-0.3, -0.25) is 4.79 Å². The van der Waals surface area contributed by atoms with Crippen molar-refractivity contribution in [3.63, 3.8) is 0 Å². The largest absolute Gasteiger partial charge is 0.744 e. The molecule has 4 aromatic carbocycles. The highest BCUT2D eigenvalue weighted by molar-refractivity contribution is 7.86. The minimum Gasteiger partial charge on any atom is -0.744 e. The summed E-state index contributed by atoms with van der Waals surface area (Å²) in [6, 6.07) is 11.7. The predicted octanol–water partition coefficient (Wildman–Crippen LogP) is 6.51. The van der Waals surface area contributed by atoms with Crippen molar-refractivity contribution in [3.8, 4) is 12.3 Å². The Morgan fingerprint density at radius 2 is 1.43 bits per heavy atom. The van der Waals surface area contributed by atoms with E-state index in [1.807, 2.05) is 67.9 Å². The van der Waals surface area contributed by atoms with Crippen molar-refractivity contribution in [1.82, 2.24) is 5.32 Å². The van der Waals surface area contributed by atoms with Crippen molar-refractivity contribution in [3.05, 3.63) is 101 Å². The Bertz CT molecular complexity index is 3010. The van der Waals surface area contributed by atoms with Gasteiger partial charge >= 0.3 is 0 Å². The number of aryl methyl sites for hydroxylation is 1. The molecule has 0 unspecified atom stereocenters. The van der Waals surface area contributed by atoms with Gasteiger partial charge in [0.1, 0.15) is 36.9 Å². The Morgan fingerprint density at radius 3 is 2.05 bits per heavy atom. The topological polar surface area (TPSA) is 207 Å². The Labute approximate surface area is 357 Å². The van der Waals surface area contributed by atoms with E-state index >= 15 is 0 Å². The van der Waals surface area contributed by atoms with Gasteiger partial charge in [0.25, 0.3) is 0 Å². The lowest BCUT2D eigenvalue weighted by Crippen LogP contribution is -2.28. The maximum atomic E-state index is 12.4. The first-order valence-electron chi connectivity index (χ1n) is 19.7. The van der Waals surface area contributed by atoms with Crippen molar-refractivity contribution in [2.75, 3.05) is 24.5 Å². The first-order valence-corrected chi connectivity index (χ1v) is 23.9. The Kier molecular flexibility index (Phi) is 12.4. The van der Waals surface area contributed by atoms with Crippen LogP contribution in [0, 0.1) is 19.3 Å². The normalized spacial score (nSPS) is 16.9. The van der Waals surface area contributed by atoms with E-state index in [1.165, 1.54) is 18.2 Å². The third-order valence-electron chi connectivity index (χ3n) is 11.6. The zero-order valence-electron chi connectivity index (χ0n) is 34.7. The molecule has 2 aliphatic rings. The van der Waals surface area contributed by atoms with Crippen molar-refractivity contribution >= 4 is 74.9 Å². The molecule has 4 aromatic rings. The number of nitrogens with zero attached hydrogens (tertiary/aromatic N) is 2. The van der Waals surface area contributed by atoms with Crippen LogP contribution in [0.4, 0.5) is 11.4 Å². The molecule has 1 N–H and O–H groups in total. The first-order chi connectivity index (χ1) is 28.4. The van der Waals surface area contributed by atoms with Gasteiger partial charge in [0.2, 0.25) is 11.6 Å². The summed E-state index contributed by atoms with van der Waals surface area (Å²) in [5.74, 6) is 2.22. The molecule has 61 heavy (non-hydrogen) atoms. The maximum absolute atomic E-state index is 12.4. The zero-order chi connectivity index (χ0) is 44.9. The zero-order valence-corrected chi connectivity index (χ0v) is 37.2. The molecule has 0 saturated carbocycles. The number of unbranched alkanes of at least 4 members (excludes halogenated alkanes) is 2. The van der Waals surface area contributed by atoms with Crippen molar-refractivity contribution < 1.29 is 48.3 Å². The number of nitrogens with one attached hydrogen (secondary N) is 1. The van der Waals surface area contributed by atoms with Crippen molar-refractivity contribution in [2.45, 2.75) is 92.7 Å². The van der Waals surface area contributed by atoms with Crippen molar-refractivity contribution in [1.29, 1.82) is 0 Å². The molecular formula is C45H47N3O10S3-2. The molecule has 1 amide bonds. The third kappa shape index (κ3) is 8.68. The SMILES string of the molecule is C#CCNC(=O)CCCCC[N+]1=C(C=CC=CC=C2N(CC)c3ccc4c(C)cc(S(=O)(=O)[O-])cc4c3C2(C)C)C(C)(C)c2c1ccc1c(S(=O)(=O)[O-])cc(S(=O)(=O)[O-])cc21. The maximum Gasteiger partial charge on any atom is 0.220 e. The molecule has 2 aliphatic heterocycles. The molecule has 16 heteroatoms. The summed E-state index contributed by atoms with van der Waals surface area (Å²) in [7, 11) is -15.1. The molecule has 0 bridgehead atoms. The van der Waals surface area contributed by atoms with E-state index in [0.29, 0.717) is 67.0 Å². The first kappa shape index (κ1) is 45.4. The highest BCUT2D eigenvalue weighted by Gasteiger charge is 2.46. The predicted molar refractivity (Wildman–Crippen MR) is 232 cm³/mol. The average molecular weight is 886 g/mol. The van der Waals surface area contributed by atoms with Gasteiger partial charge in [-0.2, -0.15) is 4.58 Å². The van der Waals surface area contributed by atoms with E-state index in [4.69, 9.17) is 6.42 Å². The van der Waals surface area contributed by atoms with Crippen LogP contribution in [-0.2, 0) is 46.0 Å². The van der Waals surface area contributed by atoms with Gasteiger partial charge in [-0.25, -0.2) is 25.3 Å². The number of benzene rings is 4. The fourth-order valence-electron chi connectivity index (χ4n) is 8.90. The number of hydrogen-bond acceptors (Lipinski definition) is 11. The summed E-state index contributed by atoms with van der Waals surface area (Å²) in [6.45, 7) is 12.9. The Balaban J connectivity index is 1.40. The molecule has 6 rings (SSSR count). The molecule has 0 spiro atoms. The monoisotopic (exact) mass is 885 g/mol. The number of likely N-dealkylation sites (N-methyl/N-ethyl adjacent to an activating group) is 1. The number of rotatable bonds is 14. The molecule has 0 aromatic heterocycles. The molecule has 0 radical (unpaired) electrons. The molecule has 0 atom stereocenters. The number of amides is 1. The summed E-state index contributed by atoms with van der Waals surface area (Å²) >= 11 is 0. The van der Waals surface area contributed by atoms with E-state index in [-0.39, 0.29) is 28.1 Å². The van der Waals surface area contributed by atoms with Crippen LogP contribution in [0.15, 0.2) is 99.3 Å². The van der Waals surface area contributed by atoms with Crippen LogP contribution in [0.5, 0.6) is 0 Å². The van der Waals surface area contributed by atoms with E-state index in [9.17, 15) is 43.7 Å². The van der Waals surface area contributed by atoms with Gasteiger partial charge in [0.05, 0.1) is 26.6 Å². The summed E-state index contributed by atoms with van der Waals surface area (Å²) in [5.41, 5.74) is 3.92. The minimum atomic E-state index is -5.19. The summed E-state index contributed by atoms with van der Waals surface area (Å²) < 4.78 is 112. The lowest BCUT2D eigenvalue weighted by Gasteiger charge is -2.26. The summed E-state index contributed by atoms with van der Waals surface area (Å²) in [6.07, 6.45) is 16.9. The number of carbonyl (C=O) groups excluding carboxylic acids is 1. The number of fused-ring (bicyclic) bond motifs is 6. The van der Waals surface area contributed by atoms with Gasteiger partial charge in [0.15, 0.2) is 5.71 Å². The fourth-order valence-corrected chi connectivity index (χ4v) is 10.8. The molecule has 322 valence electrons. The second kappa shape index (κ2) is 16.6. The lowest BCUT2D eigenvalue weighted by atomic mass is 9.79. The van der Waals surface area contributed by atoms with Crippen LogP contribution in [0.2, 0.25) is 0 Å². The van der Waals surface area contributed by atoms with Crippen LogP contribution in [0.3, 0.4) is 0 Å². The third-order valence-corrected chi connectivity index (χ3v) is 14.1. The van der Waals surface area contributed by atoms with E-state index < -0.39 is 51.0 Å². The number of terminal acetylenes is 1. The minimum absolute atomic E-state index is 0.00151. The Morgan fingerprint density at radius 1 is 0.787 bits per heavy atom. The van der Waals surface area contributed by atoms with E-state index in [1.54, 1.807) is 13.0 Å². The van der Waals surface area contributed by atoms with E-state index in [2.05, 4.69) is 30.0 Å². The van der Waals surface area contributed by atoms with E-state index in [0.717, 1.165) is 34.1 Å². The number of carbonyl (C=O) groups is 1. The average Bonchev–Trinajstić information content (AvgIpc) is 3.53. The highest BCUT2D eigenvalue weighted by atomic mass is 32.2. The van der Waals surface area contributed by atoms with Crippen LogP contribution in [0.1, 0.15) is 77.0 Å². The van der Waals surface area contributed by atoms with Crippen LogP contribution >= 0.6 is 0 Å². The van der Waals surface area contributed by atoms with Gasteiger partial charge in [-0.1, -0.05) is 44.1 Å². The quantitative estimate of drug-likeness (QED) is 0.0475. The van der Waals surface area contributed by atoms with Gasteiger partial charge in [-0.15, -0.1) is 6.42 Å². The molecule has 0 saturated heterocycles. The van der Waals surface area contributed by atoms with Crippen molar-refractivity contribution in [2.24, 2.45) is 0 Å². The highest BCUT2D eigenvalue weighted by Crippen LogP contribution is 2.51. The number of anilines is 1. The van der Waals surface area contributed by atoms with Crippen LogP contribution in [-0.4, -0.2) is 74.7 Å². The number of allylic oxidation sites excluding steroid dienone is 6. The molecule has 0 aliphatic carbocycles. The smallest absolute Gasteiger partial charge is 0.220 e. The second-order valence-electron chi connectivity index (χ2n) is 16.3. The standard InChI is InChI=1S/C45H49N3O10S3/c1-8-23-46-41(49)18-14-11-15-24-48-37-22-20-33-35(27-31(60(53,54)55)28-38(33)61(56,57)58)43(37)45(6,7)40(48)17-13-10-12-16-39-44(4,5)42-34-26-30(59(50,51)52)25-29(3)32(34)19-21-36(42)47(39)9-2/h1,10,12-13,16-17,19-22,25-28H,9,11,14-15,18,23-24H2,2-7H3,(H3-,46,49,50,51,52,53,54,55,56,57,58)/p-2. The van der Waals surface area contributed by atoms with Gasteiger partial charge in [0, 0.05) is 59.3 Å². The summed E-state index contributed by atoms with van der Waals surface area (Å²) in [4.78, 5) is 12.4. The second-order valence-corrected chi connectivity index (χ2v) is 20.4. The summed E-state index contributed by atoms with van der Waals surface area (Å²) in [5, 5.41) is 4.35. The van der Waals surface area contributed by atoms with Crippen LogP contribution < -0.4 is 10.2 Å². The number of hydrogen-bond donors (Lipinski definition) is 1. The molecule has 13 nitrogen and oxygen atoms in total. The Hall–Kier alpha value is -5.15. The van der Waals surface area contributed by atoms with Gasteiger partial charge < -0.3 is 23.9 Å². The van der Waals surface area contributed by atoms with Crippen LogP contribution in [0.25, 0.3) is 21.5 Å². The van der Waals surface area contributed by atoms with Gasteiger partial charge in [-0.05, 0) is 110 Å². The molecule has 2 heterocycles. The fraction of sp³-hybridized carbons (Fsp3) is 0.333.